The Hall–Kier alpha value is -0.370. The van der Waals surface area contributed by atoms with Gasteiger partial charge < -0.3 is 10.6 Å². The minimum atomic E-state index is -2.96. The number of hydrogen-bond donors (Lipinski definition) is 1. The summed E-state index contributed by atoms with van der Waals surface area (Å²) in [5.74, 6) is 0.837. The number of nitrogens with zero attached hydrogens (tertiary/aromatic N) is 2. The minimum Gasteiger partial charge on any atom is -0.338 e. The van der Waals surface area contributed by atoms with Gasteiger partial charge in [-0.15, -0.1) is 12.4 Å². The first-order chi connectivity index (χ1) is 9.86. The second-order valence-electron chi connectivity index (χ2n) is 6.35. The zero-order valence-corrected chi connectivity index (χ0v) is 15.0. The number of hydrogen-bond acceptors (Lipinski definition) is 5. The van der Waals surface area contributed by atoms with E-state index in [4.69, 9.17) is 5.73 Å². The lowest BCUT2D eigenvalue weighted by molar-refractivity contribution is -0.134. The molecular weight excluding hydrogens is 326 g/mol. The quantitative estimate of drug-likeness (QED) is 0.758. The Bertz CT molecular complexity index is 486. The van der Waals surface area contributed by atoms with Crippen LogP contribution in [-0.4, -0.2) is 73.9 Å². The van der Waals surface area contributed by atoms with Gasteiger partial charge >= 0.3 is 0 Å². The molecular formula is C14H28ClN3O3S. The summed E-state index contributed by atoms with van der Waals surface area (Å²) < 4.78 is 23.2. The van der Waals surface area contributed by atoms with Crippen LogP contribution in [0.15, 0.2) is 0 Å². The normalized spacial score (nSPS) is 31.0. The molecule has 2 saturated heterocycles. The smallest absolute Gasteiger partial charge is 0.237 e. The highest BCUT2D eigenvalue weighted by atomic mass is 35.5. The van der Waals surface area contributed by atoms with Gasteiger partial charge in [-0.1, -0.05) is 0 Å². The van der Waals surface area contributed by atoms with Crippen molar-refractivity contribution in [3.8, 4) is 0 Å². The summed E-state index contributed by atoms with van der Waals surface area (Å²) in [5, 5.41) is 0. The van der Waals surface area contributed by atoms with E-state index in [-0.39, 0.29) is 35.9 Å². The van der Waals surface area contributed by atoms with Crippen molar-refractivity contribution in [3.05, 3.63) is 0 Å². The maximum absolute atomic E-state index is 12.5. The number of nitrogens with two attached hydrogens (primary N) is 1. The van der Waals surface area contributed by atoms with Crippen molar-refractivity contribution in [2.75, 3.05) is 37.7 Å². The Balaban J connectivity index is 0.00000242. The fourth-order valence-corrected chi connectivity index (χ4v) is 5.26. The van der Waals surface area contributed by atoms with Crippen LogP contribution in [0.25, 0.3) is 0 Å². The molecule has 0 saturated carbocycles. The van der Waals surface area contributed by atoms with Gasteiger partial charge in [0.15, 0.2) is 9.84 Å². The summed E-state index contributed by atoms with van der Waals surface area (Å²) in [6.07, 6.45) is 1.61. The van der Waals surface area contributed by atoms with Crippen LogP contribution in [0.2, 0.25) is 0 Å². The molecule has 2 N–H and O–H groups in total. The Morgan fingerprint density at radius 2 is 2.09 bits per heavy atom. The molecule has 0 spiro atoms. The summed E-state index contributed by atoms with van der Waals surface area (Å²) in [6.45, 7) is 6.51. The molecule has 22 heavy (non-hydrogen) atoms. The molecule has 2 aliphatic heterocycles. The molecule has 0 aliphatic carbocycles. The third-order valence-electron chi connectivity index (χ3n) is 4.77. The van der Waals surface area contributed by atoms with E-state index in [2.05, 4.69) is 11.8 Å². The van der Waals surface area contributed by atoms with E-state index in [1.165, 1.54) is 0 Å². The number of likely N-dealkylation sites (N-methyl/N-ethyl adjacent to an activating group) is 1. The molecule has 2 fully saturated rings. The zero-order valence-electron chi connectivity index (χ0n) is 13.4. The molecule has 0 aromatic rings. The van der Waals surface area contributed by atoms with Crippen LogP contribution in [-0.2, 0) is 14.6 Å². The van der Waals surface area contributed by atoms with Crippen LogP contribution in [0.5, 0.6) is 0 Å². The van der Waals surface area contributed by atoms with Crippen LogP contribution < -0.4 is 5.73 Å². The average Bonchev–Trinajstić information content (AvgIpc) is 2.94. The fourth-order valence-electron chi connectivity index (χ4n) is 3.53. The van der Waals surface area contributed by atoms with E-state index in [0.29, 0.717) is 38.0 Å². The van der Waals surface area contributed by atoms with E-state index in [1.807, 2.05) is 6.92 Å². The molecule has 8 heteroatoms. The van der Waals surface area contributed by atoms with Crippen molar-refractivity contribution in [3.63, 3.8) is 0 Å². The first kappa shape index (κ1) is 19.7. The lowest BCUT2D eigenvalue weighted by Gasteiger charge is -2.30. The first-order valence-electron chi connectivity index (χ1n) is 7.80. The molecule has 0 radical (unpaired) electrons. The Morgan fingerprint density at radius 3 is 2.55 bits per heavy atom. The molecule has 3 unspecified atom stereocenters. The standard InChI is InChI=1S/C14H27N3O3S.ClH/c1-3-17(13-4-5-21(19,20)10-13)14(18)9-16-8-12(7-15)6-11(16)2;/h11-13H,3-10,15H2,1-2H3;1H. The van der Waals surface area contributed by atoms with Crippen LogP contribution >= 0.6 is 12.4 Å². The Morgan fingerprint density at radius 1 is 1.41 bits per heavy atom. The SMILES string of the molecule is CCN(C(=O)CN1CC(CN)CC1C)C1CCS(=O)(=O)C1.Cl. The monoisotopic (exact) mass is 353 g/mol. The largest absolute Gasteiger partial charge is 0.338 e. The van der Waals surface area contributed by atoms with Crippen molar-refractivity contribution in [2.45, 2.75) is 38.8 Å². The number of amides is 1. The summed E-state index contributed by atoms with van der Waals surface area (Å²) >= 11 is 0. The predicted molar refractivity (Wildman–Crippen MR) is 89.9 cm³/mol. The van der Waals surface area contributed by atoms with Crippen molar-refractivity contribution in [2.24, 2.45) is 11.7 Å². The number of carbonyl (C=O) groups excluding carboxylic acids is 1. The molecule has 0 aromatic heterocycles. The van der Waals surface area contributed by atoms with E-state index in [0.717, 1.165) is 13.0 Å². The molecule has 0 bridgehead atoms. The van der Waals surface area contributed by atoms with Crippen molar-refractivity contribution < 1.29 is 13.2 Å². The van der Waals surface area contributed by atoms with Crippen molar-refractivity contribution in [1.29, 1.82) is 0 Å². The summed E-state index contributed by atoms with van der Waals surface area (Å²) in [5.41, 5.74) is 5.72. The van der Waals surface area contributed by atoms with Gasteiger partial charge in [-0.25, -0.2) is 8.42 Å². The molecule has 3 atom stereocenters. The summed E-state index contributed by atoms with van der Waals surface area (Å²) in [4.78, 5) is 16.4. The fraction of sp³-hybridized carbons (Fsp3) is 0.929. The first-order valence-corrected chi connectivity index (χ1v) is 9.62. The molecule has 0 aromatic carbocycles. The topological polar surface area (TPSA) is 83.7 Å². The maximum atomic E-state index is 12.5. The number of sulfone groups is 1. The van der Waals surface area contributed by atoms with Gasteiger partial charge in [-0.3, -0.25) is 9.69 Å². The van der Waals surface area contributed by atoms with Gasteiger partial charge in [0, 0.05) is 25.2 Å². The van der Waals surface area contributed by atoms with E-state index in [9.17, 15) is 13.2 Å². The molecule has 2 rings (SSSR count). The van der Waals surface area contributed by atoms with E-state index < -0.39 is 9.84 Å². The highest BCUT2D eigenvalue weighted by Gasteiger charge is 2.36. The van der Waals surface area contributed by atoms with Gasteiger partial charge in [0.2, 0.25) is 5.91 Å². The average molecular weight is 354 g/mol. The van der Waals surface area contributed by atoms with Gasteiger partial charge in [-0.05, 0) is 39.2 Å². The van der Waals surface area contributed by atoms with Crippen molar-refractivity contribution in [1.82, 2.24) is 9.80 Å². The zero-order chi connectivity index (χ0) is 15.6. The van der Waals surface area contributed by atoms with Crippen LogP contribution in [0.3, 0.4) is 0 Å². The molecule has 1 amide bonds. The maximum Gasteiger partial charge on any atom is 0.237 e. The van der Waals surface area contributed by atoms with E-state index >= 15 is 0 Å². The molecule has 2 aliphatic rings. The third kappa shape index (κ3) is 4.57. The Labute approximate surface area is 139 Å². The van der Waals surface area contributed by atoms with Gasteiger partial charge in [0.05, 0.1) is 18.1 Å². The van der Waals surface area contributed by atoms with Gasteiger partial charge in [0.25, 0.3) is 0 Å². The molecule has 130 valence electrons. The van der Waals surface area contributed by atoms with Crippen LogP contribution in [0.4, 0.5) is 0 Å². The lowest BCUT2D eigenvalue weighted by Crippen LogP contribution is -2.47. The third-order valence-corrected chi connectivity index (χ3v) is 6.52. The number of likely N-dealkylation sites (tertiary alicyclic amines) is 1. The summed E-state index contributed by atoms with van der Waals surface area (Å²) in [6, 6.07) is 0.226. The van der Waals surface area contributed by atoms with Crippen LogP contribution in [0.1, 0.15) is 26.7 Å². The van der Waals surface area contributed by atoms with Gasteiger partial charge in [0.1, 0.15) is 0 Å². The minimum absolute atomic E-state index is 0. The van der Waals surface area contributed by atoms with E-state index in [1.54, 1.807) is 4.90 Å². The Kier molecular flexibility index (Phi) is 7.11. The summed E-state index contributed by atoms with van der Waals surface area (Å²) in [7, 11) is -2.96. The second kappa shape index (κ2) is 7.95. The predicted octanol–water partition coefficient (Wildman–Crippen LogP) is 0.113. The number of halogens is 1. The van der Waals surface area contributed by atoms with Crippen LogP contribution in [0, 0.1) is 5.92 Å². The molecule has 6 nitrogen and oxygen atoms in total. The number of carbonyl (C=O) groups is 1. The van der Waals surface area contributed by atoms with Crippen molar-refractivity contribution >= 4 is 28.2 Å². The number of rotatable bonds is 5. The molecule has 2 heterocycles. The highest BCUT2D eigenvalue weighted by Crippen LogP contribution is 2.23. The second-order valence-corrected chi connectivity index (χ2v) is 8.58. The lowest BCUT2D eigenvalue weighted by atomic mass is 10.1. The highest BCUT2D eigenvalue weighted by molar-refractivity contribution is 7.91. The van der Waals surface area contributed by atoms with Gasteiger partial charge in [-0.2, -0.15) is 0 Å².